The molecule has 0 aliphatic carbocycles. The molecule has 3 rings (SSSR count). The van der Waals surface area contributed by atoms with Crippen molar-refractivity contribution in [2.45, 2.75) is 26.4 Å². The van der Waals surface area contributed by atoms with Crippen molar-refractivity contribution in [2.75, 3.05) is 0 Å². The number of carbonyl (C=O) groups excluding carboxylic acids is 1. The van der Waals surface area contributed by atoms with Gasteiger partial charge in [-0.3, -0.25) is 0 Å². The van der Waals surface area contributed by atoms with Crippen molar-refractivity contribution < 1.29 is 13.9 Å². The predicted molar refractivity (Wildman–Crippen MR) is 114 cm³/mol. The number of hydrogen-bond donors (Lipinski definition) is 0. The molecule has 144 valence electrons. The topological polar surface area (TPSA) is 39.4 Å². The fraction of sp³-hybridized carbons (Fsp3) is 0.174. The maximum atomic E-state index is 12.0. The molecule has 0 amide bonds. The third-order valence-electron chi connectivity index (χ3n) is 4.25. The van der Waals surface area contributed by atoms with Gasteiger partial charge in [-0.1, -0.05) is 67.4 Å². The second kappa shape index (κ2) is 9.13. The standard InChI is InChI=1S/C23H20Cl2O3/c1-15(2)17-9-6-16(7-10-17)8-13-22(26)27-14-18-11-12-21(28-18)19-4-3-5-20(24)23(19)25/h3-13,15H,14H2,1-2H3/b13-8+. The van der Waals surface area contributed by atoms with Crippen LogP contribution in [0, 0.1) is 0 Å². The maximum Gasteiger partial charge on any atom is 0.331 e. The molecule has 28 heavy (non-hydrogen) atoms. The molecule has 3 aromatic rings. The molecule has 1 heterocycles. The lowest BCUT2D eigenvalue weighted by Crippen LogP contribution is -1.99. The SMILES string of the molecule is CC(C)c1ccc(/C=C/C(=O)OCc2ccc(-c3cccc(Cl)c3Cl)o2)cc1. The van der Waals surface area contributed by atoms with Crippen LogP contribution < -0.4 is 0 Å². The second-order valence-electron chi connectivity index (χ2n) is 6.63. The summed E-state index contributed by atoms with van der Waals surface area (Å²) < 4.78 is 10.9. The quantitative estimate of drug-likeness (QED) is 0.317. The summed E-state index contributed by atoms with van der Waals surface area (Å²) in [4.78, 5) is 12.0. The zero-order valence-electron chi connectivity index (χ0n) is 15.6. The average molecular weight is 415 g/mol. The highest BCUT2D eigenvalue weighted by Gasteiger charge is 2.11. The van der Waals surface area contributed by atoms with Crippen LogP contribution in [0.4, 0.5) is 0 Å². The number of hydrogen-bond acceptors (Lipinski definition) is 3. The van der Waals surface area contributed by atoms with Crippen LogP contribution in [-0.4, -0.2) is 5.97 Å². The van der Waals surface area contributed by atoms with Crippen molar-refractivity contribution in [3.05, 3.63) is 87.6 Å². The van der Waals surface area contributed by atoms with E-state index in [0.717, 1.165) is 5.56 Å². The summed E-state index contributed by atoms with van der Waals surface area (Å²) in [6, 6.07) is 16.9. The van der Waals surface area contributed by atoms with E-state index in [9.17, 15) is 4.79 Å². The first-order chi connectivity index (χ1) is 13.4. The van der Waals surface area contributed by atoms with E-state index in [1.807, 2.05) is 18.2 Å². The van der Waals surface area contributed by atoms with Gasteiger partial charge >= 0.3 is 5.97 Å². The molecular weight excluding hydrogens is 395 g/mol. The molecule has 1 aromatic heterocycles. The van der Waals surface area contributed by atoms with Crippen molar-refractivity contribution in [1.29, 1.82) is 0 Å². The van der Waals surface area contributed by atoms with E-state index in [4.69, 9.17) is 32.4 Å². The molecule has 0 saturated carbocycles. The van der Waals surface area contributed by atoms with E-state index < -0.39 is 5.97 Å². The Labute approximate surface area is 174 Å². The summed E-state index contributed by atoms with van der Waals surface area (Å²) in [7, 11) is 0. The third-order valence-corrected chi connectivity index (χ3v) is 5.07. The van der Waals surface area contributed by atoms with Crippen molar-refractivity contribution in [1.82, 2.24) is 0 Å². The zero-order chi connectivity index (χ0) is 20.1. The fourth-order valence-electron chi connectivity index (χ4n) is 2.64. The van der Waals surface area contributed by atoms with E-state index in [0.29, 0.717) is 33.0 Å². The molecule has 0 aliphatic rings. The number of benzene rings is 2. The highest BCUT2D eigenvalue weighted by molar-refractivity contribution is 6.43. The van der Waals surface area contributed by atoms with E-state index in [2.05, 4.69) is 26.0 Å². The molecule has 0 fully saturated rings. The van der Waals surface area contributed by atoms with Crippen molar-refractivity contribution in [2.24, 2.45) is 0 Å². The van der Waals surface area contributed by atoms with Crippen molar-refractivity contribution in [3.8, 4) is 11.3 Å². The first-order valence-corrected chi connectivity index (χ1v) is 9.67. The molecular formula is C23H20Cl2O3. The van der Waals surface area contributed by atoms with Crippen LogP contribution in [0.3, 0.4) is 0 Å². The Morgan fingerprint density at radius 3 is 2.54 bits per heavy atom. The molecule has 0 radical (unpaired) electrons. The number of carbonyl (C=O) groups is 1. The average Bonchev–Trinajstić information content (AvgIpc) is 3.16. The maximum absolute atomic E-state index is 12.0. The van der Waals surface area contributed by atoms with Crippen LogP contribution in [0.25, 0.3) is 17.4 Å². The van der Waals surface area contributed by atoms with Gasteiger partial charge in [0, 0.05) is 11.6 Å². The highest BCUT2D eigenvalue weighted by Crippen LogP contribution is 2.34. The minimum Gasteiger partial charge on any atom is -0.457 e. The lowest BCUT2D eigenvalue weighted by molar-refractivity contribution is -0.139. The molecule has 0 spiro atoms. The summed E-state index contributed by atoms with van der Waals surface area (Å²) in [6.45, 7) is 4.32. The van der Waals surface area contributed by atoms with Gasteiger partial charge in [0.15, 0.2) is 0 Å². The number of ether oxygens (including phenoxy) is 1. The van der Waals surface area contributed by atoms with Crippen LogP contribution >= 0.6 is 23.2 Å². The normalized spacial score (nSPS) is 11.3. The largest absolute Gasteiger partial charge is 0.457 e. The van der Waals surface area contributed by atoms with Gasteiger partial charge in [-0.05, 0) is 47.4 Å². The molecule has 3 nitrogen and oxygen atoms in total. The number of rotatable bonds is 6. The van der Waals surface area contributed by atoms with Gasteiger partial charge in [-0.15, -0.1) is 0 Å². The second-order valence-corrected chi connectivity index (χ2v) is 7.41. The monoisotopic (exact) mass is 414 g/mol. The summed E-state index contributed by atoms with van der Waals surface area (Å²) in [5.74, 6) is 1.13. The first-order valence-electron chi connectivity index (χ1n) is 8.92. The Balaban J connectivity index is 1.58. The Morgan fingerprint density at radius 2 is 1.82 bits per heavy atom. The van der Waals surface area contributed by atoms with Gasteiger partial charge in [0.2, 0.25) is 0 Å². The van der Waals surface area contributed by atoms with Crippen molar-refractivity contribution in [3.63, 3.8) is 0 Å². The lowest BCUT2D eigenvalue weighted by atomic mass is 10.0. The zero-order valence-corrected chi connectivity index (χ0v) is 17.1. The minimum atomic E-state index is -0.438. The molecule has 5 heteroatoms. The third kappa shape index (κ3) is 5.06. The minimum absolute atomic E-state index is 0.0354. The lowest BCUT2D eigenvalue weighted by Gasteiger charge is -2.04. The van der Waals surface area contributed by atoms with Gasteiger partial charge in [-0.25, -0.2) is 4.79 Å². The van der Waals surface area contributed by atoms with Crippen LogP contribution in [0.1, 0.15) is 36.7 Å². The molecule has 0 unspecified atom stereocenters. The van der Waals surface area contributed by atoms with Crippen LogP contribution in [0.5, 0.6) is 0 Å². The number of esters is 1. The van der Waals surface area contributed by atoms with Gasteiger partial charge < -0.3 is 9.15 Å². The van der Waals surface area contributed by atoms with E-state index in [-0.39, 0.29) is 6.61 Å². The number of halogens is 2. The number of furan rings is 1. The Morgan fingerprint density at radius 1 is 1.07 bits per heavy atom. The summed E-state index contributed by atoms with van der Waals surface area (Å²) in [5.41, 5.74) is 2.89. The molecule has 0 saturated heterocycles. The molecule has 0 N–H and O–H groups in total. The smallest absolute Gasteiger partial charge is 0.331 e. The summed E-state index contributed by atoms with van der Waals surface area (Å²) in [6.07, 6.45) is 3.13. The van der Waals surface area contributed by atoms with Gasteiger partial charge in [0.1, 0.15) is 18.1 Å². The molecule has 0 atom stereocenters. The van der Waals surface area contributed by atoms with E-state index in [1.165, 1.54) is 11.6 Å². The molecule has 2 aromatic carbocycles. The van der Waals surface area contributed by atoms with Gasteiger partial charge in [0.25, 0.3) is 0 Å². The molecule has 0 aliphatic heterocycles. The summed E-state index contributed by atoms with van der Waals surface area (Å²) >= 11 is 12.2. The van der Waals surface area contributed by atoms with Crippen LogP contribution in [-0.2, 0) is 16.1 Å². The van der Waals surface area contributed by atoms with Crippen molar-refractivity contribution >= 4 is 35.2 Å². The summed E-state index contributed by atoms with van der Waals surface area (Å²) in [5, 5.41) is 0.878. The predicted octanol–water partition coefficient (Wildman–Crippen LogP) is 7.13. The molecule has 0 bridgehead atoms. The van der Waals surface area contributed by atoms with Gasteiger partial charge in [0.05, 0.1) is 10.0 Å². The van der Waals surface area contributed by atoms with Crippen LogP contribution in [0.15, 0.2) is 65.1 Å². The van der Waals surface area contributed by atoms with Crippen LogP contribution in [0.2, 0.25) is 10.0 Å². The van der Waals surface area contributed by atoms with E-state index in [1.54, 1.807) is 30.3 Å². The fourth-order valence-corrected chi connectivity index (χ4v) is 3.03. The Bertz CT molecular complexity index is 985. The highest BCUT2D eigenvalue weighted by atomic mass is 35.5. The van der Waals surface area contributed by atoms with Gasteiger partial charge in [-0.2, -0.15) is 0 Å². The first kappa shape index (κ1) is 20.2. The Hall–Kier alpha value is -2.49. The van der Waals surface area contributed by atoms with E-state index >= 15 is 0 Å². The Kier molecular flexibility index (Phi) is 6.61.